The molecule has 1 aliphatic heterocycles. The first-order valence-corrected chi connectivity index (χ1v) is 14.9. The van der Waals surface area contributed by atoms with Crippen molar-refractivity contribution in [3.63, 3.8) is 0 Å². The SMILES string of the molecule is CCCNC(=O)c1cc2nc(Cc3c(Cl)ccc(CNC(=O)C(C)(C)F)c3Cl)n(C)c2cc1N1CCCC(C(F)(F)F)C1. The van der Waals surface area contributed by atoms with Gasteiger partial charge in [-0.2, -0.15) is 13.2 Å². The van der Waals surface area contributed by atoms with Crippen molar-refractivity contribution in [1.82, 2.24) is 20.2 Å². The minimum atomic E-state index is -4.33. The summed E-state index contributed by atoms with van der Waals surface area (Å²) in [6.45, 7) is 4.81. The average Bonchev–Trinajstić information content (AvgIpc) is 3.25. The average molecular weight is 645 g/mol. The number of carbonyl (C=O) groups excluding carboxylic acids is 2. The third-order valence-corrected chi connectivity index (χ3v) is 8.50. The largest absolute Gasteiger partial charge is 0.393 e. The quantitative estimate of drug-likeness (QED) is 0.253. The summed E-state index contributed by atoms with van der Waals surface area (Å²) in [5.41, 5.74) is 0.839. The molecule has 3 aromatic rings. The number of rotatable bonds is 9. The Balaban J connectivity index is 1.72. The van der Waals surface area contributed by atoms with Crippen LogP contribution in [0.5, 0.6) is 0 Å². The fourth-order valence-corrected chi connectivity index (χ4v) is 5.74. The van der Waals surface area contributed by atoms with Crippen LogP contribution in [0.25, 0.3) is 11.0 Å². The first kappa shape index (κ1) is 32.9. The van der Waals surface area contributed by atoms with Gasteiger partial charge in [-0.15, -0.1) is 0 Å². The number of nitrogens with zero attached hydrogens (tertiary/aromatic N) is 3. The van der Waals surface area contributed by atoms with E-state index < -0.39 is 23.7 Å². The molecule has 0 saturated carbocycles. The van der Waals surface area contributed by atoms with Gasteiger partial charge in [0.15, 0.2) is 5.67 Å². The molecule has 234 valence electrons. The van der Waals surface area contributed by atoms with Crippen LogP contribution in [-0.4, -0.2) is 52.8 Å². The van der Waals surface area contributed by atoms with Gasteiger partial charge in [0.1, 0.15) is 5.82 Å². The number of carbonyl (C=O) groups is 2. The number of imidazole rings is 1. The van der Waals surface area contributed by atoms with E-state index in [0.717, 1.165) is 13.8 Å². The predicted molar refractivity (Wildman–Crippen MR) is 161 cm³/mol. The van der Waals surface area contributed by atoms with Crippen LogP contribution in [0.15, 0.2) is 24.3 Å². The molecule has 1 aliphatic rings. The zero-order valence-corrected chi connectivity index (χ0v) is 26.0. The fourth-order valence-electron chi connectivity index (χ4n) is 5.16. The van der Waals surface area contributed by atoms with Crippen LogP contribution in [0.2, 0.25) is 10.0 Å². The lowest BCUT2D eigenvalue weighted by atomic mass is 9.96. The summed E-state index contributed by atoms with van der Waals surface area (Å²) in [7, 11) is 1.77. The molecule has 2 N–H and O–H groups in total. The first-order valence-electron chi connectivity index (χ1n) is 14.1. The molecule has 1 unspecified atom stereocenters. The smallest absolute Gasteiger partial charge is 0.370 e. The highest BCUT2D eigenvalue weighted by atomic mass is 35.5. The van der Waals surface area contributed by atoms with Gasteiger partial charge in [0.05, 0.1) is 33.2 Å². The molecule has 1 fully saturated rings. The van der Waals surface area contributed by atoms with E-state index in [1.807, 2.05) is 6.92 Å². The second-order valence-electron chi connectivity index (χ2n) is 11.4. The van der Waals surface area contributed by atoms with Gasteiger partial charge in [0.2, 0.25) is 0 Å². The monoisotopic (exact) mass is 643 g/mol. The number of hydrogen-bond acceptors (Lipinski definition) is 4. The summed E-state index contributed by atoms with van der Waals surface area (Å²) < 4.78 is 56.7. The Morgan fingerprint density at radius 1 is 1.12 bits per heavy atom. The van der Waals surface area contributed by atoms with Crippen molar-refractivity contribution in [1.29, 1.82) is 0 Å². The van der Waals surface area contributed by atoms with E-state index in [2.05, 4.69) is 10.6 Å². The van der Waals surface area contributed by atoms with Crippen molar-refractivity contribution in [2.24, 2.45) is 13.0 Å². The van der Waals surface area contributed by atoms with Gasteiger partial charge >= 0.3 is 6.18 Å². The maximum Gasteiger partial charge on any atom is 0.393 e. The number of aryl methyl sites for hydroxylation is 1. The zero-order valence-electron chi connectivity index (χ0n) is 24.5. The van der Waals surface area contributed by atoms with Crippen molar-refractivity contribution in [2.75, 3.05) is 24.5 Å². The number of anilines is 1. The highest BCUT2D eigenvalue weighted by Crippen LogP contribution is 2.37. The van der Waals surface area contributed by atoms with Crippen molar-refractivity contribution < 1.29 is 27.2 Å². The lowest BCUT2D eigenvalue weighted by Crippen LogP contribution is -2.42. The normalized spacial score (nSPS) is 16.0. The number of piperidine rings is 1. The Hall–Kier alpha value is -3.05. The summed E-state index contributed by atoms with van der Waals surface area (Å²) in [5.74, 6) is -2.09. The summed E-state index contributed by atoms with van der Waals surface area (Å²) in [6, 6.07) is 6.62. The van der Waals surface area contributed by atoms with E-state index in [1.54, 1.807) is 40.8 Å². The number of alkyl halides is 4. The van der Waals surface area contributed by atoms with Gasteiger partial charge in [-0.25, -0.2) is 9.37 Å². The van der Waals surface area contributed by atoms with Gasteiger partial charge in [-0.05, 0) is 62.4 Å². The number of amides is 2. The number of halogens is 6. The maximum absolute atomic E-state index is 14.0. The Morgan fingerprint density at radius 3 is 2.49 bits per heavy atom. The second kappa shape index (κ2) is 12.9. The summed E-state index contributed by atoms with van der Waals surface area (Å²) in [4.78, 5) is 31.6. The third-order valence-electron chi connectivity index (χ3n) is 7.68. The van der Waals surface area contributed by atoms with Gasteiger partial charge in [0, 0.05) is 44.7 Å². The maximum atomic E-state index is 14.0. The molecule has 0 spiro atoms. The molecule has 2 heterocycles. The van der Waals surface area contributed by atoms with Crippen molar-refractivity contribution in [3.8, 4) is 0 Å². The topological polar surface area (TPSA) is 79.3 Å². The Bertz CT molecular complexity index is 1520. The van der Waals surface area contributed by atoms with Crippen LogP contribution in [0, 0.1) is 5.92 Å². The molecule has 1 aromatic heterocycles. The van der Waals surface area contributed by atoms with Crippen LogP contribution >= 0.6 is 23.2 Å². The van der Waals surface area contributed by atoms with Crippen LogP contribution in [0.4, 0.5) is 23.2 Å². The van der Waals surface area contributed by atoms with E-state index in [-0.39, 0.29) is 37.4 Å². The summed E-state index contributed by atoms with van der Waals surface area (Å²) >= 11 is 13.2. The molecule has 1 atom stereocenters. The van der Waals surface area contributed by atoms with Crippen molar-refractivity contribution >= 4 is 51.7 Å². The Kier molecular flexibility index (Phi) is 9.85. The van der Waals surface area contributed by atoms with Gasteiger partial charge in [-0.3, -0.25) is 9.59 Å². The van der Waals surface area contributed by atoms with Crippen LogP contribution in [-0.2, 0) is 24.8 Å². The van der Waals surface area contributed by atoms with E-state index in [9.17, 15) is 27.2 Å². The Labute approximate surface area is 257 Å². The van der Waals surface area contributed by atoms with E-state index in [0.29, 0.717) is 69.6 Å². The predicted octanol–water partition coefficient (Wildman–Crippen LogP) is 6.75. The van der Waals surface area contributed by atoms with E-state index in [1.165, 1.54) is 0 Å². The lowest BCUT2D eigenvalue weighted by Gasteiger charge is -2.36. The van der Waals surface area contributed by atoms with Crippen LogP contribution in [0.1, 0.15) is 67.3 Å². The van der Waals surface area contributed by atoms with Gasteiger partial charge in [-0.1, -0.05) is 36.2 Å². The number of benzene rings is 2. The fraction of sp³-hybridized carbons (Fsp3) is 0.500. The first-order chi connectivity index (χ1) is 20.1. The molecule has 4 rings (SSSR count). The van der Waals surface area contributed by atoms with Crippen LogP contribution < -0.4 is 15.5 Å². The molecule has 2 amide bonds. The van der Waals surface area contributed by atoms with Gasteiger partial charge in [0.25, 0.3) is 11.8 Å². The molecule has 1 saturated heterocycles. The highest BCUT2D eigenvalue weighted by molar-refractivity contribution is 6.36. The summed E-state index contributed by atoms with van der Waals surface area (Å²) in [6.07, 6.45) is -3.04. The van der Waals surface area contributed by atoms with Crippen molar-refractivity contribution in [2.45, 2.75) is 64.8 Å². The Morgan fingerprint density at radius 2 is 1.84 bits per heavy atom. The molecular weight excluding hydrogens is 609 g/mol. The van der Waals surface area contributed by atoms with Crippen molar-refractivity contribution in [3.05, 3.63) is 56.8 Å². The molecule has 0 bridgehead atoms. The number of fused-ring (bicyclic) bond motifs is 1. The summed E-state index contributed by atoms with van der Waals surface area (Å²) in [5, 5.41) is 6.02. The van der Waals surface area contributed by atoms with E-state index in [4.69, 9.17) is 28.2 Å². The molecule has 2 aromatic carbocycles. The molecule has 0 radical (unpaired) electrons. The number of aromatic nitrogens is 2. The lowest BCUT2D eigenvalue weighted by molar-refractivity contribution is -0.176. The van der Waals surface area contributed by atoms with Crippen LogP contribution in [0.3, 0.4) is 0 Å². The third kappa shape index (κ3) is 7.37. The molecule has 13 heteroatoms. The minimum absolute atomic E-state index is 0.00786. The molecular formula is C30H35Cl2F4N5O2. The van der Waals surface area contributed by atoms with E-state index >= 15 is 0 Å². The molecule has 0 aliphatic carbocycles. The molecule has 43 heavy (non-hydrogen) atoms. The number of hydrogen-bond donors (Lipinski definition) is 2. The van der Waals surface area contributed by atoms with Gasteiger partial charge < -0.3 is 20.1 Å². The molecule has 7 nitrogen and oxygen atoms in total. The minimum Gasteiger partial charge on any atom is -0.370 e. The highest BCUT2D eigenvalue weighted by Gasteiger charge is 2.42. The standard InChI is InChI=1S/C30H35Cl2F4N5O2/c1-5-10-37-27(42)20-12-22-24(14-23(20)41-11-6-7-18(16-41)30(34,35)36)40(4)25(39-22)13-19-21(31)9-8-17(26(19)32)15-38-28(43)29(2,3)33/h8-9,12,14,18H,5-7,10-11,13,15-16H2,1-4H3,(H,37,42)(H,38,43). The zero-order chi connectivity index (χ0) is 31.7. The second-order valence-corrected chi connectivity index (χ2v) is 12.1. The number of nitrogens with one attached hydrogen (secondary N) is 2.